The van der Waals surface area contributed by atoms with Gasteiger partial charge >= 0.3 is 0 Å². The average Bonchev–Trinajstić information content (AvgIpc) is 3.00. The molecule has 164 valence electrons. The van der Waals surface area contributed by atoms with Crippen LogP contribution in [0.3, 0.4) is 0 Å². The summed E-state index contributed by atoms with van der Waals surface area (Å²) in [5, 5.41) is 39.5. The number of hydrogen-bond acceptors (Lipinski definition) is 6. The Morgan fingerprint density at radius 1 is 1.03 bits per heavy atom. The van der Waals surface area contributed by atoms with Gasteiger partial charge in [0, 0.05) is 17.1 Å². The number of hydroxylamine groups is 1. The Hall–Kier alpha value is -1.12. The zero-order valence-corrected chi connectivity index (χ0v) is 17.8. The van der Waals surface area contributed by atoms with Gasteiger partial charge in [0.25, 0.3) is 0 Å². The van der Waals surface area contributed by atoms with Crippen LogP contribution in [0.4, 0.5) is 0 Å². The summed E-state index contributed by atoms with van der Waals surface area (Å²) < 4.78 is 0. The van der Waals surface area contributed by atoms with Crippen molar-refractivity contribution in [3.05, 3.63) is 30.3 Å². The van der Waals surface area contributed by atoms with Gasteiger partial charge in [-0.25, -0.2) is 5.48 Å². The zero-order chi connectivity index (χ0) is 21.1. The Kier molecular flexibility index (Phi) is 11.0. The minimum absolute atomic E-state index is 0.0292. The van der Waals surface area contributed by atoms with Crippen LogP contribution in [0.2, 0.25) is 0 Å². The second kappa shape index (κ2) is 13.2. The Bertz CT molecular complexity index is 588. The standard InChI is InChI=1S/C22H35NO5S/c24-16(15-29-17-8-4-3-5-9-17)12-13-19-18(20(25)14-21(19)26)10-6-1-2-7-11-22(27)23-28/h3-5,8-9,16,18-21,24-26,28H,1-2,6-7,10-15H2,(H,23,27). The fourth-order valence-electron chi connectivity index (χ4n) is 4.23. The maximum Gasteiger partial charge on any atom is 0.243 e. The first-order valence-electron chi connectivity index (χ1n) is 10.7. The maximum absolute atomic E-state index is 11.0. The molecular formula is C22H35NO5S. The molecule has 0 aromatic heterocycles. The van der Waals surface area contributed by atoms with E-state index < -0.39 is 18.3 Å². The molecule has 1 amide bonds. The number of thioether (sulfide) groups is 1. The Morgan fingerprint density at radius 2 is 1.69 bits per heavy atom. The van der Waals surface area contributed by atoms with Gasteiger partial charge in [0.15, 0.2) is 0 Å². The first-order chi connectivity index (χ1) is 14.0. The first kappa shape index (κ1) is 24.2. The molecule has 7 heteroatoms. The van der Waals surface area contributed by atoms with E-state index in [0.29, 0.717) is 25.0 Å². The summed E-state index contributed by atoms with van der Waals surface area (Å²) in [4.78, 5) is 12.1. The third kappa shape index (κ3) is 8.64. The van der Waals surface area contributed by atoms with Crippen molar-refractivity contribution < 1.29 is 25.3 Å². The van der Waals surface area contributed by atoms with Crippen LogP contribution in [-0.2, 0) is 4.79 Å². The van der Waals surface area contributed by atoms with Gasteiger partial charge in [0.1, 0.15) is 0 Å². The maximum atomic E-state index is 11.0. The molecule has 1 saturated carbocycles. The minimum Gasteiger partial charge on any atom is -0.393 e. The molecule has 5 atom stereocenters. The van der Waals surface area contributed by atoms with E-state index in [1.165, 1.54) is 0 Å². The summed E-state index contributed by atoms with van der Waals surface area (Å²) in [6, 6.07) is 9.99. The molecule has 0 heterocycles. The highest BCUT2D eigenvalue weighted by molar-refractivity contribution is 7.99. The van der Waals surface area contributed by atoms with Crippen molar-refractivity contribution in [1.29, 1.82) is 0 Å². The van der Waals surface area contributed by atoms with Crippen LogP contribution in [0.25, 0.3) is 0 Å². The molecule has 5 unspecified atom stereocenters. The van der Waals surface area contributed by atoms with Crippen LogP contribution < -0.4 is 5.48 Å². The van der Waals surface area contributed by atoms with Crippen LogP contribution >= 0.6 is 11.8 Å². The van der Waals surface area contributed by atoms with E-state index in [4.69, 9.17) is 5.21 Å². The number of carbonyl (C=O) groups is 1. The second-order valence-electron chi connectivity index (χ2n) is 8.04. The lowest BCUT2D eigenvalue weighted by Gasteiger charge is -2.24. The normalized spacial score (nSPS) is 25.1. The molecule has 0 saturated heterocycles. The van der Waals surface area contributed by atoms with Crippen LogP contribution in [0.15, 0.2) is 35.2 Å². The SMILES string of the molecule is O=C(CCCCCCC1C(O)CC(O)C1CCC(O)CSc1ccccc1)NO. The summed E-state index contributed by atoms with van der Waals surface area (Å²) in [6.07, 6.45) is 5.06. The van der Waals surface area contributed by atoms with E-state index in [1.807, 2.05) is 30.3 Å². The molecule has 2 rings (SSSR count). The van der Waals surface area contributed by atoms with Gasteiger partial charge in [-0.05, 0) is 56.1 Å². The van der Waals surface area contributed by atoms with Crippen LogP contribution in [0, 0.1) is 11.8 Å². The molecule has 6 nitrogen and oxygen atoms in total. The van der Waals surface area contributed by atoms with Crippen molar-refractivity contribution in [2.24, 2.45) is 11.8 Å². The molecule has 0 aliphatic heterocycles. The number of nitrogens with one attached hydrogen (secondary N) is 1. The quantitative estimate of drug-likeness (QED) is 0.144. The number of aliphatic hydroxyl groups is 3. The third-order valence-electron chi connectivity index (χ3n) is 5.86. The molecule has 0 spiro atoms. The fraction of sp³-hybridized carbons (Fsp3) is 0.682. The van der Waals surface area contributed by atoms with Crippen molar-refractivity contribution >= 4 is 17.7 Å². The minimum atomic E-state index is -0.503. The molecule has 1 aliphatic carbocycles. The lowest BCUT2D eigenvalue weighted by Crippen LogP contribution is -2.24. The molecular weight excluding hydrogens is 390 g/mol. The van der Waals surface area contributed by atoms with E-state index in [9.17, 15) is 20.1 Å². The van der Waals surface area contributed by atoms with E-state index in [1.54, 1.807) is 17.2 Å². The first-order valence-corrected chi connectivity index (χ1v) is 11.6. The molecule has 1 aromatic rings. The van der Waals surface area contributed by atoms with Crippen molar-refractivity contribution in [3.63, 3.8) is 0 Å². The zero-order valence-electron chi connectivity index (χ0n) is 16.9. The van der Waals surface area contributed by atoms with Gasteiger partial charge in [-0.15, -0.1) is 11.8 Å². The molecule has 5 N–H and O–H groups in total. The molecule has 1 aromatic carbocycles. The van der Waals surface area contributed by atoms with E-state index in [2.05, 4.69) is 0 Å². The molecule has 1 aliphatic rings. The fourth-order valence-corrected chi connectivity index (χ4v) is 5.13. The molecule has 29 heavy (non-hydrogen) atoms. The number of unbranched alkanes of at least 4 members (excludes halogenated alkanes) is 3. The highest BCUT2D eigenvalue weighted by Gasteiger charge is 2.40. The lowest BCUT2D eigenvalue weighted by molar-refractivity contribution is -0.129. The number of hydrogen-bond donors (Lipinski definition) is 5. The van der Waals surface area contributed by atoms with Crippen molar-refractivity contribution in [2.75, 3.05) is 5.75 Å². The Morgan fingerprint density at radius 3 is 2.38 bits per heavy atom. The molecule has 0 radical (unpaired) electrons. The van der Waals surface area contributed by atoms with Gasteiger partial charge in [-0.3, -0.25) is 10.0 Å². The van der Waals surface area contributed by atoms with Gasteiger partial charge in [-0.2, -0.15) is 0 Å². The highest BCUT2D eigenvalue weighted by atomic mass is 32.2. The van der Waals surface area contributed by atoms with E-state index in [-0.39, 0.29) is 17.7 Å². The number of rotatable bonds is 13. The van der Waals surface area contributed by atoms with Crippen LogP contribution in [0.1, 0.15) is 57.8 Å². The Labute approximate surface area is 177 Å². The predicted molar refractivity (Wildman–Crippen MR) is 114 cm³/mol. The van der Waals surface area contributed by atoms with Gasteiger partial charge in [0.2, 0.25) is 5.91 Å². The second-order valence-corrected chi connectivity index (χ2v) is 9.13. The van der Waals surface area contributed by atoms with E-state index >= 15 is 0 Å². The number of benzene rings is 1. The Balaban J connectivity index is 1.67. The van der Waals surface area contributed by atoms with Crippen molar-refractivity contribution in [2.45, 2.75) is 81.0 Å². The predicted octanol–water partition coefficient (Wildman–Crippen LogP) is 3.12. The van der Waals surface area contributed by atoms with Crippen molar-refractivity contribution in [3.8, 4) is 0 Å². The largest absolute Gasteiger partial charge is 0.393 e. The van der Waals surface area contributed by atoms with Gasteiger partial charge in [0.05, 0.1) is 18.3 Å². The van der Waals surface area contributed by atoms with Crippen LogP contribution in [-0.4, -0.2) is 50.5 Å². The van der Waals surface area contributed by atoms with Crippen molar-refractivity contribution in [1.82, 2.24) is 5.48 Å². The number of amides is 1. The monoisotopic (exact) mass is 425 g/mol. The van der Waals surface area contributed by atoms with Gasteiger partial charge < -0.3 is 15.3 Å². The highest BCUT2D eigenvalue weighted by Crippen LogP contribution is 2.39. The summed E-state index contributed by atoms with van der Waals surface area (Å²) in [5.41, 5.74) is 1.64. The smallest absolute Gasteiger partial charge is 0.243 e. The lowest BCUT2D eigenvalue weighted by atomic mass is 9.85. The summed E-state index contributed by atoms with van der Waals surface area (Å²) in [7, 11) is 0. The summed E-state index contributed by atoms with van der Waals surface area (Å²) in [5.74, 6) is 0.367. The topological polar surface area (TPSA) is 110 Å². The van der Waals surface area contributed by atoms with E-state index in [0.717, 1.165) is 43.4 Å². The van der Waals surface area contributed by atoms with Crippen LogP contribution in [0.5, 0.6) is 0 Å². The van der Waals surface area contributed by atoms with Gasteiger partial charge in [-0.1, -0.05) is 37.5 Å². The third-order valence-corrected chi connectivity index (χ3v) is 7.01. The number of carbonyl (C=O) groups excluding carboxylic acids is 1. The molecule has 0 bridgehead atoms. The summed E-state index contributed by atoms with van der Waals surface area (Å²) in [6.45, 7) is 0. The average molecular weight is 426 g/mol. The summed E-state index contributed by atoms with van der Waals surface area (Å²) >= 11 is 1.63. The number of aliphatic hydroxyl groups excluding tert-OH is 3. The molecule has 1 fully saturated rings.